The SMILES string of the molecule is CO[C@@](C(=O)O[C@H]1C[C@@]2(C)CO[C@@](C)(C1)[C@@H]2/C=C/[C@@H](C)OC(=O)[C@](OC)(c1ccccc1)C(F)(F)F)(c1ccccc1)C(F)(F)F. The van der Waals surface area contributed by atoms with Gasteiger partial charge < -0.3 is 23.7 Å². The number of benzene rings is 2. The number of esters is 2. The number of hydrogen-bond donors (Lipinski definition) is 0. The number of ether oxygens (including phenoxy) is 5. The van der Waals surface area contributed by atoms with E-state index < -0.39 is 75.8 Å². The Kier molecular flexibility index (Phi) is 9.74. The first-order chi connectivity index (χ1) is 21.4. The first-order valence-corrected chi connectivity index (χ1v) is 14.5. The van der Waals surface area contributed by atoms with Crippen LogP contribution >= 0.6 is 0 Å². The summed E-state index contributed by atoms with van der Waals surface area (Å²) in [6, 6.07) is 12.9. The van der Waals surface area contributed by atoms with E-state index in [0.29, 0.717) is 0 Å². The molecular formula is C33H36F6O7. The Hall–Kier alpha value is -3.42. The molecule has 2 aliphatic rings. The molecule has 0 aromatic heterocycles. The summed E-state index contributed by atoms with van der Waals surface area (Å²) in [6.07, 6.45) is -9.13. The maximum Gasteiger partial charge on any atom is 0.432 e. The summed E-state index contributed by atoms with van der Waals surface area (Å²) < 4.78 is 112. The highest BCUT2D eigenvalue weighted by molar-refractivity contribution is 5.83. The second kappa shape index (κ2) is 12.6. The second-order valence-corrected chi connectivity index (χ2v) is 12.2. The Morgan fingerprint density at radius 1 is 0.826 bits per heavy atom. The van der Waals surface area contributed by atoms with Crippen LogP contribution in [0.15, 0.2) is 72.8 Å². The minimum Gasteiger partial charge on any atom is -0.460 e. The minimum absolute atomic E-state index is 0.0266. The molecule has 0 amide bonds. The van der Waals surface area contributed by atoms with Crippen molar-refractivity contribution in [1.29, 1.82) is 0 Å². The molecular weight excluding hydrogens is 622 g/mol. The summed E-state index contributed by atoms with van der Waals surface area (Å²) in [5.41, 5.74) is -9.34. The van der Waals surface area contributed by atoms with Gasteiger partial charge in [-0.3, -0.25) is 0 Å². The summed E-state index contributed by atoms with van der Waals surface area (Å²) in [7, 11) is 1.56. The zero-order valence-electron chi connectivity index (χ0n) is 25.9. The number of alkyl halides is 6. The van der Waals surface area contributed by atoms with Crippen LogP contribution in [-0.4, -0.2) is 62.9 Å². The molecule has 0 radical (unpaired) electrons. The average molecular weight is 659 g/mol. The monoisotopic (exact) mass is 658 g/mol. The van der Waals surface area contributed by atoms with Crippen molar-refractivity contribution < 1.29 is 59.6 Å². The van der Waals surface area contributed by atoms with Gasteiger partial charge in [0.05, 0.1) is 12.2 Å². The van der Waals surface area contributed by atoms with Gasteiger partial charge >= 0.3 is 24.3 Å². The lowest BCUT2D eigenvalue weighted by Gasteiger charge is -2.44. The summed E-state index contributed by atoms with van der Waals surface area (Å²) in [5.74, 6) is -3.67. The van der Waals surface area contributed by atoms with E-state index in [0.717, 1.165) is 38.5 Å². The molecule has 1 aliphatic carbocycles. The highest BCUT2D eigenvalue weighted by Crippen LogP contribution is 2.56. The van der Waals surface area contributed by atoms with Crippen molar-refractivity contribution >= 4 is 11.9 Å². The van der Waals surface area contributed by atoms with E-state index in [2.05, 4.69) is 0 Å². The first kappa shape index (κ1) is 35.4. The van der Waals surface area contributed by atoms with E-state index in [1.807, 2.05) is 6.92 Å². The lowest BCUT2D eigenvalue weighted by molar-refractivity contribution is -0.279. The molecule has 0 N–H and O–H groups in total. The van der Waals surface area contributed by atoms with Crippen molar-refractivity contribution in [2.45, 2.75) is 75.0 Å². The number of carbonyl (C=O) groups excluding carboxylic acids is 2. The Balaban J connectivity index is 1.52. The zero-order valence-corrected chi connectivity index (χ0v) is 25.9. The fourth-order valence-corrected chi connectivity index (χ4v) is 6.75. The van der Waals surface area contributed by atoms with Crippen molar-refractivity contribution in [1.82, 2.24) is 0 Å². The predicted octanol–water partition coefficient (Wildman–Crippen LogP) is 6.80. The Bertz CT molecular complexity index is 1400. The van der Waals surface area contributed by atoms with Crippen LogP contribution in [0.1, 0.15) is 44.7 Å². The van der Waals surface area contributed by atoms with Crippen molar-refractivity contribution in [3.8, 4) is 0 Å². The molecule has 4 rings (SSSR count). The van der Waals surface area contributed by atoms with E-state index >= 15 is 0 Å². The summed E-state index contributed by atoms with van der Waals surface area (Å²) in [4.78, 5) is 26.3. The fraction of sp³-hybridized carbons (Fsp3) is 0.515. The fourth-order valence-electron chi connectivity index (χ4n) is 6.75. The Labute approximate surface area is 262 Å². The topological polar surface area (TPSA) is 80.3 Å². The quantitative estimate of drug-likeness (QED) is 0.158. The van der Waals surface area contributed by atoms with Gasteiger partial charge in [-0.15, -0.1) is 0 Å². The molecule has 46 heavy (non-hydrogen) atoms. The number of hydrogen-bond acceptors (Lipinski definition) is 7. The van der Waals surface area contributed by atoms with Gasteiger partial charge in [-0.25, -0.2) is 9.59 Å². The van der Waals surface area contributed by atoms with Crippen LogP contribution in [0.2, 0.25) is 0 Å². The molecule has 2 fully saturated rings. The van der Waals surface area contributed by atoms with Gasteiger partial charge in [0.15, 0.2) is 0 Å². The van der Waals surface area contributed by atoms with Crippen molar-refractivity contribution in [3.63, 3.8) is 0 Å². The number of rotatable bonds is 10. The van der Waals surface area contributed by atoms with Crippen molar-refractivity contribution in [2.75, 3.05) is 20.8 Å². The zero-order chi connectivity index (χ0) is 34.2. The van der Waals surface area contributed by atoms with Gasteiger partial charge in [0.2, 0.25) is 0 Å². The molecule has 2 aromatic rings. The van der Waals surface area contributed by atoms with Crippen LogP contribution in [-0.2, 0) is 44.5 Å². The van der Waals surface area contributed by atoms with Crippen LogP contribution < -0.4 is 0 Å². The molecule has 7 nitrogen and oxygen atoms in total. The maximum atomic E-state index is 14.4. The third-order valence-electron chi connectivity index (χ3n) is 8.95. The molecule has 7 atom stereocenters. The van der Waals surface area contributed by atoms with E-state index in [9.17, 15) is 35.9 Å². The molecule has 252 valence electrons. The smallest absolute Gasteiger partial charge is 0.432 e. The predicted molar refractivity (Wildman–Crippen MR) is 152 cm³/mol. The summed E-state index contributed by atoms with van der Waals surface area (Å²) in [5, 5.41) is 0. The number of methoxy groups -OCH3 is 2. The first-order valence-electron chi connectivity index (χ1n) is 14.5. The lowest BCUT2D eigenvalue weighted by atomic mass is 9.62. The minimum atomic E-state index is -5.14. The van der Waals surface area contributed by atoms with Crippen LogP contribution in [0.3, 0.4) is 0 Å². The van der Waals surface area contributed by atoms with E-state index in [-0.39, 0.29) is 19.4 Å². The largest absolute Gasteiger partial charge is 0.460 e. The highest BCUT2D eigenvalue weighted by Gasteiger charge is 2.66. The van der Waals surface area contributed by atoms with Gasteiger partial charge in [-0.05, 0) is 26.3 Å². The standard InChI is InChI=1S/C33H36F6O7/c1-21(45-26(40)30(42-4,32(34,35)36)22-12-8-6-9-13-22)16-17-25-28(2)18-24(19-29(25,3)44-20-28)46-27(41)31(43-5,33(37,38)39)23-14-10-7-11-15-23/h6-17,21,24-25H,18-20H2,1-5H3/b17-16+/t21-,24+,25-,28+,29+,30-,31-/m1/s1. The molecule has 2 aromatic carbocycles. The average Bonchev–Trinajstić information content (AvgIpc) is 3.12. The molecule has 13 heteroatoms. The maximum absolute atomic E-state index is 14.4. The van der Waals surface area contributed by atoms with E-state index in [1.165, 1.54) is 49.4 Å². The van der Waals surface area contributed by atoms with Crippen LogP contribution in [0.5, 0.6) is 0 Å². The van der Waals surface area contributed by atoms with Crippen LogP contribution in [0.4, 0.5) is 26.3 Å². The highest BCUT2D eigenvalue weighted by atomic mass is 19.4. The van der Waals surface area contributed by atoms with E-state index in [1.54, 1.807) is 13.0 Å². The Morgan fingerprint density at radius 3 is 1.74 bits per heavy atom. The van der Waals surface area contributed by atoms with Crippen LogP contribution in [0.25, 0.3) is 0 Å². The van der Waals surface area contributed by atoms with Gasteiger partial charge in [-0.2, -0.15) is 26.3 Å². The van der Waals surface area contributed by atoms with Gasteiger partial charge in [-0.1, -0.05) is 73.7 Å². The van der Waals surface area contributed by atoms with Gasteiger partial charge in [0.25, 0.3) is 11.2 Å². The lowest BCUT2D eigenvalue weighted by Crippen LogP contribution is -2.54. The number of fused-ring (bicyclic) bond motifs is 2. The molecule has 1 saturated heterocycles. The molecule has 1 heterocycles. The molecule has 1 saturated carbocycles. The van der Waals surface area contributed by atoms with E-state index in [4.69, 9.17) is 23.7 Å². The van der Waals surface area contributed by atoms with Crippen LogP contribution in [0, 0.1) is 11.3 Å². The molecule has 0 spiro atoms. The number of halogens is 6. The van der Waals surface area contributed by atoms with Crippen molar-refractivity contribution in [2.24, 2.45) is 11.3 Å². The van der Waals surface area contributed by atoms with Gasteiger partial charge in [0.1, 0.15) is 12.2 Å². The molecule has 0 unspecified atom stereocenters. The molecule has 2 bridgehead atoms. The summed E-state index contributed by atoms with van der Waals surface area (Å²) >= 11 is 0. The number of carbonyl (C=O) groups is 2. The van der Waals surface area contributed by atoms with Crippen molar-refractivity contribution in [3.05, 3.63) is 83.9 Å². The third kappa shape index (κ3) is 6.04. The third-order valence-corrected chi connectivity index (χ3v) is 8.95. The van der Waals surface area contributed by atoms with Gasteiger partial charge in [0, 0.05) is 43.1 Å². The Morgan fingerprint density at radius 2 is 1.30 bits per heavy atom. The molecule has 1 aliphatic heterocycles. The second-order valence-electron chi connectivity index (χ2n) is 12.2. The normalized spacial score (nSPS) is 28.2. The summed E-state index contributed by atoms with van der Waals surface area (Å²) in [6.45, 7) is 5.08.